The van der Waals surface area contributed by atoms with Gasteiger partial charge in [-0.25, -0.2) is 8.93 Å². The van der Waals surface area contributed by atoms with Gasteiger partial charge in [0.25, 0.3) is 0 Å². The topological polar surface area (TPSA) is 29.1 Å². The van der Waals surface area contributed by atoms with E-state index in [1.807, 2.05) is 63.2 Å². The van der Waals surface area contributed by atoms with Crippen LogP contribution in [0.2, 0.25) is 0 Å². The summed E-state index contributed by atoms with van der Waals surface area (Å²) in [6.07, 6.45) is 1.93. The summed E-state index contributed by atoms with van der Waals surface area (Å²) in [5, 5.41) is 0. The predicted molar refractivity (Wildman–Crippen MR) is 99.6 cm³/mol. The molecule has 2 aromatic carbocycles. The molecule has 0 saturated carbocycles. The second-order valence-electron chi connectivity index (χ2n) is 6.56. The van der Waals surface area contributed by atoms with Crippen LogP contribution in [0, 0.1) is 0 Å². The second kappa shape index (κ2) is 7.71. The number of hydrogen-bond acceptors (Lipinski definition) is 1. The number of hydrogen-bond donors (Lipinski definition) is 1. The maximum atomic E-state index is 12.7. The Morgan fingerprint density at radius 2 is 1.43 bits per heavy atom. The van der Waals surface area contributed by atoms with Gasteiger partial charge in [-0.05, 0) is 31.9 Å². The lowest BCUT2D eigenvalue weighted by Gasteiger charge is -2.29. The molecule has 0 spiro atoms. The van der Waals surface area contributed by atoms with Crippen molar-refractivity contribution in [2.45, 2.75) is 37.5 Å². The van der Waals surface area contributed by atoms with E-state index < -0.39 is 11.0 Å². The molecule has 1 N–H and O–H groups in total. The summed E-state index contributed by atoms with van der Waals surface area (Å²) in [6.45, 7) is 9.94. The van der Waals surface area contributed by atoms with E-state index in [1.54, 1.807) is 0 Å². The third-order valence-electron chi connectivity index (χ3n) is 3.75. The van der Waals surface area contributed by atoms with Crippen molar-refractivity contribution in [3.63, 3.8) is 0 Å². The van der Waals surface area contributed by atoms with Crippen molar-refractivity contribution >= 4 is 11.0 Å². The Balaban J connectivity index is 2.40. The van der Waals surface area contributed by atoms with Gasteiger partial charge in [-0.15, -0.1) is 6.58 Å². The Morgan fingerprint density at radius 3 is 1.87 bits per heavy atom. The zero-order valence-electron chi connectivity index (χ0n) is 14.0. The predicted octanol–water partition coefficient (Wildman–Crippen LogP) is 4.75. The summed E-state index contributed by atoms with van der Waals surface area (Å²) in [4.78, 5) is 0. The maximum Gasteiger partial charge on any atom is 0.0976 e. The molecule has 122 valence electrons. The van der Waals surface area contributed by atoms with Crippen LogP contribution >= 0.6 is 0 Å². The van der Waals surface area contributed by atoms with Crippen LogP contribution in [-0.4, -0.2) is 8.96 Å². The van der Waals surface area contributed by atoms with Gasteiger partial charge < -0.3 is 0 Å². The van der Waals surface area contributed by atoms with Crippen LogP contribution in [-0.2, 0) is 11.0 Å². The molecule has 0 heterocycles. The van der Waals surface area contributed by atoms with Crippen molar-refractivity contribution in [3.05, 3.63) is 84.4 Å². The molecule has 2 rings (SSSR count). The lowest BCUT2D eigenvalue weighted by Crippen LogP contribution is -2.37. The molecule has 3 atom stereocenters. The van der Waals surface area contributed by atoms with Crippen molar-refractivity contribution in [2.75, 3.05) is 0 Å². The van der Waals surface area contributed by atoms with E-state index in [0.717, 1.165) is 11.1 Å². The molecular formula is C20H25NOS. The number of rotatable bonds is 6. The summed E-state index contributed by atoms with van der Waals surface area (Å²) in [7, 11) is -1.16. The molecule has 23 heavy (non-hydrogen) atoms. The molecule has 0 aliphatic heterocycles. The molecule has 0 radical (unpaired) electrons. The van der Waals surface area contributed by atoms with Gasteiger partial charge >= 0.3 is 0 Å². The highest BCUT2D eigenvalue weighted by Crippen LogP contribution is 2.33. The van der Waals surface area contributed by atoms with Gasteiger partial charge in [0, 0.05) is 5.92 Å². The second-order valence-corrected chi connectivity index (χ2v) is 8.56. The highest BCUT2D eigenvalue weighted by atomic mass is 32.2. The van der Waals surface area contributed by atoms with Crippen molar-refractivity contribution in [1.29, 1.82) is 0 Å². The largest absolute Gasteiger partial charge is 0.242 e. The third kappa shape index (κ3) is 4.63. The molecule has 0 amide bonds. The van der Waals surface area contributed by atoms with Crippen LogP contribution in [0.3, 0.4) is 0 Å². The minimum absolute atomic E-state index is 0.0462. The van der Waals surface area contributed by atoms with Crippen LogP contribution in [0.15, 0.2) is 73.3 Å². The first kappa shape index (κ1) is 17.6. The van der Waals surface area contributed by atoms with E-state index in [0.29, 0.717) is 0 Å². The van der Waals surface area contributed by atoms with Crippen LogP contribution in [0.1, 0.15) is 43.9 Å². The zero-order valence-corrected chi connectivity index (χ0v) is 14.8. The van der Waals surface area contributed by atoms with E-state index in [-0.39, 0.29) is 16.7 Å². The first-order chi connectivity index (χ1) is 10.9. The average Bonchev–Trinajstić information content (AvgIpc) is 2.55. The van der Waals surface area contributed by atoms with Crippen molar-refractivity contribution in [2.24, 2.45) is 0 Å². The molecule has 2 nitrogen and oxygen atoms in total. The van der Waals surface area contributed by atoms with Crippen LogP contribution in [0.4, 0.5) is 0 Å². The van der Waals surface area contributed by atoms with Crippen LogP contribution in [0.5, 0.6) is 0 Å². The Kier molecular flexibility index (Phi) is 5.91. The van der Waals surface area contributed by atoms with Crippen LogP contribution in [0.25, 0.3) is 0 Å². The van der Waals surface area contributed by atoms with Crippen molar-refractivity contribution in [3.8, 4) is 0 Å². The molecule has 1 unspecified atom stereocenters. The lowest BCUT2D eigenvalue weighted by atomic mass is 9.88. The fourth-order valence-electron chi connectivity index (χ4n) is 2.44. The average molecular weight is 327 g/mol. The van der Waals surface area contributed by atoms with Gasteiger partial charge in [0.1, 0.15) is 0 Å². The Hall–Kier alpha value is -1.71. The molecule has 0 fully saturated rings. The van der Waals surface area contributed by atoms with Gasteiger partial charge in [-0.3, -0.25) is 0 Å². The molecule has 3 heteroatoms. The van der Waals surface area contributed by atoms with E-state index in [1.165, 1.54) is 0 Å². The summed E-state index contributed by atoms with van der Waals surface area (Å²) in [5.74, 6) is 0.0462. The first-order valence-electron chi connectivity index (χ1n) is 7.84. The van der Waals surface area contributed by atoms with E-state index in [4.69, 9.17) is 0 Å². The molecule has 0 aromatic heterocycles. The zero-order chi connectivity index (χ0) is 16.9. The van der Waals surface area contributed by atoms with Gasteiger partial charge in [-0.1, -0.05) is 66.7 Å². The molecular weight excluding hydrogens is 302 g/mol. The smallest absolute Gasteiger partial charge is 0.0976 e. The SMILES string of the molecule is C=C[C@@H](c1ccccc1)[C@H](NS(=O)C(C)(C)C)c1ccccc1. The highest BCUT2D eigenvalue weighted by molar-refractivity contribution is 7.84. The van der Waals surface area contributed by atoms with Gasteiger partial charge in [0.2, 0.25) is 0 Å². The minimum atomic E-state index is -1.16. The lowest BCUT2D eigenvalue weighted by molar-refractivity contribution is 0.566. The molecule has 0 bridgehead atoms. The van der Waals surface area contributed by atoms with E-state index in [9.17, 15) is 4.21 Å². The number of benzene rings is 2. The van der Waals surface area contributed by atoms with E-state index >= 15 is 0 Å². The van der Waals surface area contributed by atoms with Crippen molar-refractivity contribution in [1.82, 2.24) is 4.72 Å². The standard InChI is InChI=1S/C20H25NOS/c1-5-18(16-12-8-6-9-13-16)19(17-14-10-7-11-15-17)21-23(22)20(2,3)4/h5-15,18-19,21H,1H2,2-4H3/t18-,19+,23?/m0/s1. The quantitative estimate of drug-likeness (QED) is 0.762. The number of nitrogens with one attached hydrogen (secondary N) is 1. The van der Waals surface area contributed by atoms with E-state index in [2.05, 4.69) is 35.6 Å². The fourth-order valence-corrected chi connectivity index (χ4v) is 3.31. The van der Waals surface area contributed by atoms with Gasteiger partial charge in [0.05, 0.1) is 21.8 Å². The monoisotopic (exact) mass is 327 g/mol. The summed E-state index contributed by atoms with van der Waals surface area (Å²) in [5.41, 5.74) is 2.27. The molecule has 0 aliphatic rings. The minimum Gasteiger partial charge on any atom is -0.242 e. The normalized spacial score (nSPS) is 15.6. The van der Waals surface area contributed by atoms with Gasteiger partial charge in [0.15, 0.2) is 0 Å². The highest BCUT2D eigenvalue weighted by Gasteiger charge is 2.28. The Labute approximate surface area is 142 Å². The van der Waals surface area contributed by atoms with Gasteiger partial charge in [-0.2, -0.15) is 0 Å². The molecule has 0 saturated heterocycles. The van der Waals surface area contributed by atoms with Crippen molar-refractivity contribution < 1.29 is 4.21 Å². The summed E-state index contributed by atoms with van der Waals surface area (Å²) < 4.78 is 15.7. The van der Waals surface area contributed by atoms with Crippen LogP contribution < -0.4 is 4.72 Å². The molecule has 2 aromatic rings. The summed E-state index contributed by atoms with van der Waals surface area (Å²) in [6, 6.07) is 20.3. The first-order valence-corrected chi connectivity index (χ1v) is 8.99. The fraction of sp³-hybridized carbons (Fsp3) is 0.300. The Morgan fingerprint density at radius 1 is 0.957 bits per heavy atom. The Bertz CT molecular complexity index is 646. The third-order valence-corrected chi connectivity index (χ3v) is 5.33. The molecule has 0 aliphatic carbocycles. The maximum absolute atomic E-state index is 12.7. The summed E-state index contributed by atoms with van der Waals surface area (Å²) >= 11 is 0.